The Morgan fingerprint density at radius 2 is 2.20 bits per heavy atom. The summed E-state index contributed by atoms with van der Waals surface area (Å²) in [5.41, 5.74) is 1.01. The van der Waals surface area contributed by atoms with Gasteiger partial charge in [-0.15, -0.1) is 11.3 Å². The van der Waals surface area contributed by atoms with Gasteiger partial charge in [0.2, 0.25) is 5.91 Å². The maximum atomic E-state index is 11.8. The fourth-order valence-corrected chi connectivity index (χ4v) is 4.19. The van der Waals surface area contributed by atoms with Gasteiger partial charge < -0.3 is 10.2 Å². The van der Waals surface area contributed by atoms with Crippen LogP contribution in [0.1, 0.15) is 25.1 Å². The van der Waals surface area contributed by atoms with Crippen LogP contribution >= 0.6 is 11.3 Å². The molecule has 2 aliphatic heterocycles. The number of carbonyl (C=O) groups is 1. The molecule has 0 unspecified atom stereocenters. The SMILES string of the molecule is Cc1nc(N2[C@@H]3CC[C@H]2CNC(=O)C3)c2sccc2n1. The molecule has 0 radical (unpaired) electrons. The third kappa shape index (κ3) is 1.78. The highest BCUT2D eigenvalue weighted by Gasteiger charge is 2.39. The highest BCUT2D eigenvalue weighted by atomic mass is 32.1. The lowest BCUT2D eigenvalue weighted by Crippen LogP contribution is -2.38. The molecule has 2 bridgehead atoms. The first kappa shape index (κ1) is 12.1. The highest BCUT2D eigenvalue weighted by Crippen LogP contribution is 2.37. The van der Waals surface area contributed by atoms with Gasteiger partial charge in [-0.25, -0.2) is 9.97 Å². The van der Waals surface area contributed by atoms with Gasteiger partial charge in [-0.05, 0) is 31.2 Å². The van der Waals surface area contributed by atoms with Crippen LogP contribution in [-0.2, 0) is 4.79 Å². The maximum absolute atomic E-state index is 11.8. The Balaban J connectivity index is 1.86. The highest BCUT2D eigenvalue weighted by molar-refractivity contribution is 7.17. The van der Waals surface area contributed by atoms with E-state index < -0.39 is 0 Å². The van der Waals surface area contributed by atoms with E-state index in [9.17, 15) is 4.79 Å². The zero-order chi connectivity index (χ0) is 13.7. The minimum atomic E-state index is 0.162. The summed E-state index contributed by atoms with van der Waals surface area (Å²) < 4.78 is 1.14. The molecule has 0 aliphatic carbocycles. The Morgan fingerprint density at radius 3 is 3.10 bits per heavy atom. The number of nitrogens with one attached hydrogen (secondary N) is 1. The molecule has 2 aromatic rings. The first-order chi connectivity index (χ1) is 9.72. The monoisotopic (exact) mass is 288 g/mol. The van der Waals surface area contributed by atoms with E-state index in [2.05, 4.69) is 20.6 Å². The number of anilines is 1. The smallest absolute Gasteiger partial charge is 0.222 e. The molecule has 2 atom stereocenters. The lowest BCUT2D eigenvalue weighted by Gasteiger charge is -2.29. The number of nitrogens with zero attached hydrogens (tertiary/aromatic N) is 3. The summed E-state index contributed by atoms with van der Waals surface area (Å²) in [5.74, 6) is 1.98. The number of amides is 1. The number of rotatable bonds is 1. The number of hydrogen-bond acceptors (Lipinski definition) is 5. The minimum Gasteiger partial charge on any atom is -0.354 e. The number of thiophene rings is 1. The standard InChI is InChI=1S/C14H16N4OS/c1-8-16-11-4-5-20-13(11)14(17-8)18-9-2-3-10(18)7-15-12(19)6-9/h4-5,9-10H,2-3,6-7H2,1H3,(H,15,19)/t9-,10+/m1/s1. The largest absolute Gasteiger partial charge is 0.354 e. The average molecular weight is 288 g/mol. The summed E-state index contributed by atoms with van der Waals surface area (Å²) in [7, 11) is 0. The zero-order valence-corrected chi connectivity index (χ0v) is 12.1. The molecule has 2 saturated heterocycles. The molecule has 1 N–H and O–H groups in total. The molecule has 104 valence electrons. The first-order valence-electron chi connectivity index (χ1n) is 6.99. The van der Waals surface area contributed by atoms with Crippen molar-refractivity contribution in [2.24, 2.45) is 0 Å². The van der Waals surface area contributed by atoms with Crippen molar-refractivity contribution in [2.45, 2.75) is 38.3 Å². The molecule has 20 heavy (non-hydrogen) atoms. The summed E-state index contributed by atoms with van der Waals surface area (Å²) in [6, 6.07) is 2.69. The van der Waals surface area contributed by atoms with Gasteiger partial charge in [-0.1, -0.05) is 0 Å². The van der Waals surface area contributed by atoms with Gasteiger partial charge in [0.05, 0.1) is 10.2 Å². The van der Waals surface area contributed by atoms with E-state index in [1.807, 2.05) is 13.0 Å². The first-order valence-corrected chi connectivity index (χ1v) is 7.87. The molecule has 6 heteroatoms. The number of carbonyl (C=O) groups excluding carboxylic acids is 1. The lowest BCUT2D eigenvalue weighted by molar-refractivity contribution is -0.121. The van der Waals surface area contributed by atoms with Crippen molar-refractivity contribution in [3.8, 4) is 0 Å². The third-order valence-corrected chi connectivity index (χ3v) is 5.12. The van der Waals surface area contributed by atoms with Crippen LogP contribution in [-0.4, -0.2) is 34.5 Å². The molecule has 5 nitrogen and oxygen atoms in total. The Kier molecular flexibility index (Phi) is 2.66. The van der Waals surface area contributed by atoms with Gasteiger partial charge in [0.15, 0.2) is 5.82 Å². The zero-order valence-electron chi connectivity index (χ0n) is 11.3. The summed E-state index contributed by atoms with van der Waals surface area (Å²) in [6.45, 7) is 2.66. The van der Waals surface area contributed by atoms with Gasteiger partial charge in [0.1, 0.15) is 5.82 Å². The van der Waals surface area contributed by atoms with Crippen LogP contribution in [0.4, 0.5) is 5.82 Å². The summed E-state index contributed by atoms with van der Waals surface area (Å²) >= 11 is 1.68. The van der Waals surface area contributed by atoms with E-state index in [1.54, 1.807) is 11.3 Å². The van der Waals surface area contributed by atoms with E-state index in [0.29, 0.717) is 12.5 Å². The van der Waals surface area contributed by atoms with Crippen molar-refractivity contribution < 1.29 is 4.79 Å². The Hall–Kier alpha value is -1.69. The Labute approximate surface area is 121 Å². The van der Waals surface area contributed by atoms with Crippen molar-refractivity contribution in [1.82, 2.24) is 15.3 Å². The van der Waals surface area contributed by atoms with Crippen molar-refractivity contribution in [2.75, 3.05) is 11.4 Å². The molecule has 1 amide bonds. The Bertz CT molecular complexity index is 683. The molecule has 0 aromatic carbocycles. The number of aromatic nitrogens is 2. The third-order valence-electron chi connectivity index (χ3n) is 4.22. The average Bonchev–Trinajstić information content (AvgIpc) is 2.97. The number of hydrogen-bond donors (Lipinski definition) is 1. The second-order valence-corrected chi connectivity index (χ2v) is 6.45. The van der Waals surface area contributed by atoms with Crippen molar-refractivity contribution >= 4 is 33.3 Å². The fourth-order valence-electron chi connectivity index (χ4n) is 3.36. The number of fused-ring (bicyclic) bond motifs is 3. The summed E-state index contributed by atoms with van der Waals surface area (Å²) in [4.78, 5) is 23.3. The molecule has 0 saturated carbocycles. The van der Waals surface area contributed by atoms with Crippen LogP contribution in [0.5, 0.6) is 0 Å². The molecular formula is C14H16N4OS. The summed E-state index contributed by atoms with van der Waals surface area (Å²) in [5, 5.41) is 5.07. The van der Waals surface area contributed by atoms with Crippen molar-refractivity contribution in [1.29, 1.82) is 0 Å². The van der Waals surface area contributed by atoms with Crippen LogP contribution in [0, 0.1) is 6.92 Å². The van der Waals surface area contributed by atoms with Crippen molar-refractivity contribution in [3.05, 3.63) is 17.3 Å². The molecule has 4 heterocycles. The van der Waals surface area contributed by atoms with E-state index in [4.69, 9.17) is 4.98 Å². The van der Waals surface area contributed by atoms with Gasteiger partial charge in [0.25, 0.3) is 0 Å². The number of aryl methyl sites for hydroxylation is 1. The molecule has 2 fully saturated rings. The minimum absolute atomic E-state index is 0.162. The van der Waals surface area contributed by atoms with Gasteiger partial charge in [-0.2, -0.15) is 0 Å². The van der Waals surface area contributed by atoms with Gasteiger partial charge in [0, 0.05) is 25.0 Å². The fraction of sp³-hybridized carbons (Fsp3) is 0.500. The van der Waals surface area contributed by atoms with Gasteiger partial charge >= 0.3 is 0 Å². The molecule has 0 spiro atoms. The topological polar surface area (TPSA) is 58.1 Å². The molecule has 4 rings (SSSR count). The van der Waals surface area contributed by atoms with Crippen LogP contribution in [0.3, 0.4) is 0 Å². The maximum Gasteiger partial charge on any atom is 0.222 e. The predicted octanol–water partition coefficient (Wildman–Crippen LogP) is 1.86. The molecule has 2 aliphatic rings. The second-order valence-electron chi connectivity index (χ2n) is 5.53. The van der Waals surface area contributed by atoms with E-state index >= 15 is 0 Å². The van der Waals surface area contributed by atoms with Crippen molar-refractivity contribution in [3.63, 3.8) is 0 Å². The van der Waals surface area contributed by atoms with Crippen LogP contribution in [0.15, 0.2) is 11.4 Å². The van der Waals surface area contributed by atoms with Crippen LogP contribution < -0.4 is 10.2 Å². The van der Waals surface area contributed by atoms with E-state index in [1.165, 1.54) is 0 Å². The molecule has 2 aromatic heterocycles. The predicted molar refractivity (Wildman–Crippen MR) is 79.1 cm³/mol. The quantitative estimate of drug-likeness (QED) is 0.870. The van der Waals surface area contributed by atoms with Gasteiger partial charge in [-0.3, -0.25) is 4.79 Å². The second kappa shape index (κ2) is 4.41. The van der Waals surface area contributed by atoms with Crippen LogP contribution in [0.25, 0.3) is 10.2 Å². The Morgan fingerprint density at radius 1 is 1.35 bits per heavy atom. The van der Waals surface area contributed by atoms with E-state index in [0.717, 1.165) is 41.2 Å². The van der Waals surface area contributed by atoms with Crippen LogP contribution in [0.2, 0.25) is 0 Å². The normalized spacial score (nSPS) is 25.9. The van der Waals surface area contributed by atoms with E-state index in [-0.39, 0.29) is 11.9 Å². The summed E-state index contributed by atoms with van der Waals surface area (Å²) in [6.07, 6.45) is 2.78. The molecular weight excluding hydrogens is 272 g/mol. The lowest BCUT2D eigenvalue weighted by atomic mass is 10.1.